The van der Waals surface area contributed by atoms with Crippen molar-refractivity contribution in [1.29, 1.82) is 0 Å². The van der Waals surface area contributed by atoms with E-state index in [0.29, 0.717) is 0 Å². The molecule has 1 fully saturated rings. The molecule has 0 aromatic heterocycles. The van der Waals surface area contributed by atoms with Crippen LogP contribution in [-0.4, -0.2) is 37.1 Å². The SMILES string of the molecule is CCNCCCCCN(CC(C)C)C1CCCC1. The molecule has 1 aliphatic carbocycles. The summed E-state index contributed by atoms with van der Waals surface area (Å²) in [6, 6.07) is 0.904. The summed E-state index contributed by atoms with van der Waals surface area (Å²) in [4.78, 5) is 2.78. The molecule has 0 saturated heterocycles. The zero-order valence-corrected chi connectivity index (χ0v) is 12.9. The van der Waals surface area contributed by atoms with Crippen LogP contribution in [0.5, 0.6) is 0 Å². The van der Waals surface area contributed by atoms with Gasteiger partial charge in [-0.3, -0.25) is 0 Å². The second-order valence-corrected chi connectivity index (χ2v) is 6.24. The number of hydrogen-bond acceptors (Lipinski definition) is 2. The zero-order chi connectivity index (χ0) is 13.2. The third kappa shape index (κ3) is 6.75. The number of nitrogens with zero attached hydrogens (tertiary/aromatic N) is 1. The molecule has 0 unspecified atom stereocenters. The quantitative estimate of drug-likeness (QED) is 0.598. The van der Waals surface area contributed by atoms with Crippen LogP contribution in [0.2, 0.25) is 0 Å². The van der Waals surface area contributed by atoms with Gasteiger partial charge in [0.2, 0.25) is 0 Å². The minimum absolute atomic E-state index is 0.812. The first-order valence-corrected chi connectivity index (χ1v) is 8.18. The summed E-state index contributed by atoms with van der Waals surface area (Å²) in [5.41, 5.74) is 0. The van der Waals surface area contributed by atoms with Gasteiger partial charge in [-0.1, -0.05) is 40.0 Å². The first kappa shape index (κ1) is 16.0. The van der Waals surface area contributed by atoms with E-state index in [4.69, 9.17) is 0 Å². The van der Waals surface area contributed by atoms with E-state index in [-0.39, 0.29) is 0 Å². The molecule has 1 N–H and O–H groups in total. The molecule has 2 nitrogen and oxygen atoms in total. The highest BCUT2D eigenvalue weighted by molar-refractivity contribution is 4.78. The van der Waals surface area contributed by atoms with Crippen LogP contribution in [0.1, 0.15) is 65.7 Å². The van der Waals surface area contributed by atoms with E-state index in [1.165, 1.54) is 64.6 Å². The van der Waals surface area contributed by atoms with Crippen molar-refractivity contribution in [3.05, 3.63) is 0 Å². The smallest absolute Gasteiger partial charge is 0.00953 e. The third-order valence-corrected chi connectivity index (χ3v) is 3.99. The Hall–Kier alpha value is -0.0800. The Balaban J connectivity index is 2.15. The van der Waals surface area contributed by atoms with Crippen molar-refractivity contribution in [1.82, 2.24) is 10.2 Å². The summed E-state index contributed by atoms with van der Waals surface area (Å²) < 4.78 is 0. The Morgan fingerprint density at radius 1 is 1.11 bits per heavy atom. The van der Waals surface area contributed by atoms with Crippen LogP contribution in [0, 0.1) is 5.92 Å². The van der Waals surface area contributed by atoms with Gasteiger partial charge in [0.25, 0.3) is 0 Å². The Labute approximate surface area is 115 Å². The van der Waals surface area contributed by atoms with E-state index < -0.39 is 0 Å². The Morgan fingerprint density at radius 2 is 1.83 bits per heavy atom. The molecule has 2 heteroatoms. The predicted molar refractivity (Wildman–Crippen MR) is 81.1 cm³/mol. The summed E-state index contributed by atoms with van der Waals surface area (Å²) in [6.07, 6.45) is 9.92. The fourth-order valence-electron chi connectivity index (χ4n) is 3.08. The molecule has 0 heterocycles. The topological polar surface area (TPSA) is 15.3 Å². The van der Waals surface area contributed by atoms with Crippen LogP contribution in [0.4, 0.5) is 0 Å². The van der Waals surface area contributed by atoms with Crippen molar-refractivity contribution in [2.75, 3.05) is 26.2 Å². The summed E-state index contributed by atoms with van der Waals surface area (Å²) >= 11 is 0. The zero-order valence-electron chi connectivity index (χ0n) is 12.9. The maximum Gasteiger partial charge on any atom is 0.00953 e. The minimum atomic E-state index is 0.812. The van der Waals surface area contributed by atoms with E-state index >= 15 is 0 Å². The van der Waals surface area contributed by atoms with Gasteiger partial charge in [0.05, 0.1) is 0 Å². The molecule has 0 spiro atoms. The molecule has 0 amide bonds. The van der Waals surface area contributed by atoms with Gasteiger partial charge >= 0.3 is 0 Å². The monoisotopic (exact) mass is 254 g/mol. The lowest BCUT2D eigenvalue weighted by molar-refractivity contribution is 0.173. The summed E-state index contributed by atoms with van der Waals surface area (Å²) in [7, 11) is 0. The van der Waals surface area contributed by atoms with E-state index in [1.807, 2.05) is 0 Å². The average molecular weight is 254 g/mol. The van der Waals surface area contributed by atoms with Crippen molar-refractivity contribution in [3.63, 3.8) is 0 Å². The third-order valence-electron chi connectivity index (χ3n) is 3.99. The highest BCUT2D eigenvalue weighted by Crippen LogP contribution is 2.24. The van der Waals surface area contributed by atoms with Gasteiger partial charge in [-0.15, -0.1) is 0 Å². The normalized spacial score (nSPS) is 17.2. The van der Waals surface area contributed by atoms with Crippen LogP contribution in [-0.2, 0) is 0 Å². The first-order chi connectivity index (χ1) is 8.74. The van der Waals surface area contributed by atoms with Crippen molar-refractivity contribution in [3.8, 4) is 0 Å². The van der Waals surface area contributed by atoms with Gasteiger partial charge in [0.1, 0.15) is 0 Å². The standard InChI is InChI=1S/C16H34N2/c1-4-17-12-8-5-9-13-18(14-15(2)3)16-10-6-7-11-16/h15-17H,4-14H2,1-3H3. The molecule has 0 aliphatic heterocycles. The highest BCUT2D eigenvalue weighted by Gasteiger charge is 2.22. The molecule has 0 atom stereocenters. The predicted octanol–water partition coefficient (Wildman–Crippen LogP) is 3.67. The molecule has 18 heavy (non-hydrogen) atoms. The Bertz CT molecular complexity index is 186. The van der Waals surface area contributed by atoms with Crippen LogP contribution < -0.4 is 5.32 Å². The van der Waals surface area contributed by atoms with Crippen LogP contribution >= 0.6 is 0 Å². The van der Waals surface area contributed by atoms with Gasteiger partial charge in [-0.05, 0) is 51.2 Å². The summed E-state index contributed by atoms with van der Waals surface area (Å²) in [5.74, 6) is 0.812. The summed E-state index contributed by atoms with van der Waals surface area (Å²) in [5, 5.41) is 3.41. The Kier molecular flexibility index (Phi) is 8.70. The summed E-state index contributed by atoms with van der Waals surface area (Å²) in [6.45, 7) is 11.8. The van der Waals surface area contributed by atoms with Gasteiger partial charge in [0.15, 0.2) is 0 Å². The maximum atomic E-state index is 3.41. The molecule has 1 saturated carbocycles. The lowest BCUT2D eigenvalue weighted by atomic mass is 10.1. The maximum absolute atomic E-state index is 3.41. The number of rotatable bonds is 10. The Morgan fingerprint density at radius 3 is 2.44 bits per heavy atom. The van der Waals surface area contributed by atoms with E-state index in [2.05, 4.69) is 31.0 Å². The lowest BCUT2D eigenvalue weighted by Crippen LogP contribution is -2.37. The van der Waals surface area contributed by atoms with Gasteiger partial charge in [-0.2, -0.15) is 0 Å². The van der Waals surface area contributed by atoms with Gasteiger partial charge in [-0.25, -0.2) is 0 Å². The molecular weight excluding hydrogens is 220 g/mol. The number of hydrogen-bond donors (Lipinski definition) is 1. The molecule has 0 aromatic carbocycles. The van der Waals surface area contributed by atoms with Crippen molar-refractivity contribution in [2.45, 2.75) is 71.8 Å². The molecule has 1 rings (SSSR count). The average Bonchev–Trinajstić information content (AvgIpc) is 2.85. The van der Waals surface area contributed by atoms with Crippen molar-refractivity contribution >= 4 is 0 Å². The highest BCUT2D eigenvalue weighted by atomic mass is 15.2. The molecular formula is C16H34N2. The van der Waals surface area contributed by atoms with Crippen LogP contribution in [0.25, 0.3) is 0 Å². The van der Waals surface area contributed by atoms with Crippen molar-refractivity contribution < 1.29 is 0 Å². The fraction of sp³-hybridized carbons (Fsp3) is 1.00. The largest absolute Gasteiger partial charge is 0.317 e. The molecule has 1 aliphatic rings. The van der Waals surface area contributed by atoms with Gasteiger partial charge in [0, 0.05) is 12.6 Å². The number of nitrogens with one attached hydrogen (secondary N) is 1. The second kappa shape index (κ2) is 9.80. The fourth-order valence-corrected chi connectivity index (χ4v) is 3.08. The van der Waals surface area contributed by atoms with E-state index in [0.717, 1.165) is 18.5 Å². The van der Waals surface area contributed by atoms with Crippen LogP contribution in [0.15, 0.2) is 0 Å². The second-order valence-electron chi connectivity index (χ2n) is 6.24. The lowest BCUT2D eigenvalue weighted by Gasteiger charge is -2.30. The molecule has 108 valence electrons. The van der Waals surface area contributed by atoms with Gasteiger partial charge < -0.3 is 10.2 Å². The molecule has 0 radical (unpaired) electrons. The first-order valence-electron chi connectivity index (χ1n) is 8.18. The van der Waals surface area contributed by atoms with Crippen LogP contribution in [0.3, 0.4) is 0 Å². The molecule has 0 bridgehead atoms. The molecule has 0 aromatic rings. The van der Waals surface area contributed by atoms with E-state index in [9.17, 15) is 0 Å². The van der Waals surface area contributed by atoms with Crippen molar-refractivity contribution in [2.24, 2.45) is 5.92 Å². The minimum Gasteiger partial charge on any atom is -0.317 e. The van der Waals surface area contributed by atoms with E-state index in [1.54, 1.807) is 0 Å². The number of unbranched alkanes of at least 4 members (excludes halogenated alkanes) is 2.